The van der Waals surface area contributed by atoms with Crippen LogP contribution in [0.2, 0.25) is 0 Å². The van der Waals surface area contributed by atoms with Crippen LogP contribution >= 0.6 is 7.82 Å². The van der Waals surface area contributed by atoms with Crippen molar-refractivity contribution in [2.24, 2.45) is 0 Å². The zero-order valence-electron chi connectivity index (χ0n) is 28.0. The molecule has 0 fully saturated rings. The van der Waals surface area contributed by atoms with Crippen LogP contribution in [0.3, 0.4) is 0 Å². The highest BCUT2D eigenvalue weighted by atomic mass is 31.2. The summed E-state index contributed by atoms with van der Waals surface area (Å²) in [5.41, 5.74) is 0. The molecule has 0 saturated heterocycles. The lowest BCUT2D eigenvalue weighted by Crippen LogP contribution is -2.28. The molecule has 46 heavy (non-hydrogen) atoms. The number of aliphatic hydroxyl groups excluding tert-OH is 2. The van der Waals surface area contributed by atoms with Gasteiger partial charge in [0, 0.05) is 12.8 Å². The average molecular weight is 671 g/mol. The van der Waals surface area contributed by atoms with Gasteiger partial charge < -0.3 is 24.6 Å². The quantitative estimate of drug-likeness (QED) is 0.0302. The topological polar surface area (TPSA) is 149 Å². The molecule has 3 atom stereocenters. The number of hydrogen-bond donors (Lipinski definition) is 3. The van der Waals surface area contributed by atoms with E-state index in [0.29, 0.717) is 19.3 Å². The summed E-state index contributed by atoms with van der Waals surface area (Å²) in [5, 5.41) is 18.9. The molecule has 11 heteroatoms. The molecule has 0 rings (SSSR count). The first-order chi connectivity index (χ1) is 22.3. The van der Waals surface area contributed by atoms with Crippen molar-refractivity contribution in [2.75, 3.05) is 26.4 Å². The maximum absolute atomic E-state index is 12.2. The Hall–Kier alpha value is -2.33. The van der Waals surface area contributed by atoms with Gasteiger partial charge in [-0.15, -0.1) is 0 Å². The first-order valence-corrected chi connectivity index (χ1v) is 18.2. The number of ether oxygens (including phenoxy) is 2. The Kier molecular flexibility index (Phi) is 29.7. The molecule has 0 saturated carbocycles. The first-order valence-electron chi connectivity index (χ1n) is 16.7. The fraction of sp³-hybridized carbons (Fsp3) is 0.657. The van der Waals surface area contributed by atoms with Crippen molar-refractivity contribution in [3.05, 3.63) is 60.8 Å². The number of phosphoric ester groups is 1. The number of esters is 2. The Morgan fingerprint density at radius 1 is 0.609 bits per heavy atom. The number of rotatable bonds is 30. The Morgan fingerprint density at radius 3 is 1.48 bits per heavy atom. The summed E-state index contributed by atoms with van der Waals surface area (Å²) in [6.45, 7) is 1.90. The minimum Gasteiger partial charge on any atom is -0.457 e. The Balaban J connectivity index is 4.13. The van der Waals surface area contributed by atoms with Crippen molar-refractivity contribution in [1.29, 1.82) is 0 Å². The van der Waals surface area contributed by atoms with Crippen LogP contribution in [0.25, 0.3) is 0 Å². The largest absolute Gasteiger partial charge is 0.472 e. The minimum atomic E-state index is -4.63. The zero-order chi connectivity index (χ0) is 34.1. The number of carbonyl (C=O) groups excluding carboxylic acids is 2. The van der Waals surface area contributed by atoms with Crippen molar-refractivity contribution in [3.8, 4) is 0 Å². The minimum absolute atomic E-state index is 0.111. The summed E-state index contributed by atoms with van der Waals surface area (Å²) >= 11 is 0. The number of hydrogen-bond acceptors (Lipinski definition) is 9. The van der Waals surface area contributed by atoms with E-state index in [9.17, 15) is 29.3 Å². The molecule has 3 unspecified atom stereocenters. The van der Waals surface area contributed by atoms with Crippen molar-refractivity contribution < 1.29 is 47.8 Å². The predicted molar refractivity (Wildman–Crippen MR) is 182 cm³/mol. The monoisotopic (exact) mass is 670 g/mol. The fourth-order valence-electron chi connectivity index (χ4n) is 3.91. The van der Waals surface area contributed by atoms with Crippen LogP contribution in [0, 0.1) is 0 Å². The molecule has 0 radical (unpaired) electrons. The fourth-order valence-corrected chi connectivity index (χ4v) is 4.70. The van der Waals surface area contributed by atoms with Gasteiger partial charge in [-0.2, -0.15) is 0 Å². The lowest BCUT2D eigenvalue weighted by Gasteiger charge is -2.20. The second-order valence-corrected chi connectivity index (χ2v) is 12.2. The van der Waals surface area contributed by atoms with E-state index in [1.54, 1.807) is 0 Å². The summed E-state index contributed by atoms with van der Waals surface area (Å²) in [6.07, 6.45) is 31.1. The van der Waals surface area contributed by atoms with E-state index < -0.39 is 58.4 Å². The molecule has 0 aliphatic rings. The number of phosphoric acid groups is 1. The smallest absolute Gasteiger partial charge is 0.457 e. The third-order valence-corrected chi connectivity index (χ3v) is 7.45. The van der Waals surface area contributed by atoms with Crippen LogP contribution in [0.5, 0.6) is 0 Å². The summed E-state index contributed by atoms with van der Waals surface area (Å²) in [6, 6.07) is 0. The highest BCUT2D eigenvalue weighted by molar-refractivity contribution is 7.47. The molecule has 0 aromatic carbocycles. The standard InChI is InChI=1S/C35H59O10P/c1-3-5-7-9-11-12-13-14-15-16-17-18-19-20-21-23-25-27-35(39)45-33(29-37)31-43-46(40,41)42-30-32(28-36)44-34(38)26-24-22-10-8-6-4-2/h5,7,11-12,14-15,17-18,20-21,32-33,36-37H,3-4,6,8-10,13,16,19,22-31H2,1-2H3,(H,40,41)/b7-5-,12-11-,15-14-,18-17-,21-20-. The van der Waals surface area contributed by atoms with Gasteiger partial charge in [0.15, 0.2) is 0 Å². The number of unbranched alkanes of at least 4 members (excludes halogenated alkanes) is 6. The van der Waals surface area contributed by atoms with Gasteiger partial charge in [-0.1, -0.05) is 107 Å². The van der Waals surface area contributed by atoms with E-state index in [1.807, 2.05) is 12.2 Å². The van der Waals surface area contributed by atoms with E-state index in [2.05, 4.69) is 62.5 Å². The third-order valence-electron chi connectivity index (χ3n) is 6.49. The lowest BCUT2D eigenvalue weighted by molar-refractivity contribution is -0.153. The molecule has 0 aromatic rings. The molecule has 0 aromatic heterocycles. The summed E-state index contributed by atoms with van der Waals surface area (Å²) in [4.78, 5) is 34.0. The van der Waals surface area contributed by atoms with Crippen LogP contribution in [0.4, 0.5) is 0 Å². The van der Waals surface area contributed by atoms with E-state index in [1.165, 1.54) is 0 Å². The van der Waals surface area contributed by atoms with Gasteiger partial charge >= 0.3 is 19.8 Å². The van der Waals surface area contributed by atoms with Gasteiger partial charge in [0.1, 0.15) is 12.2 Å². The molecule has 0 aliphatic carbocycles. The van der Waals surface area contributed by atoms with Gasteiger partial charge in [0.25, 0.3) is 0 Å². The van der Waals surface area contributed by atoms with Crippen LogP contribution in [-0.4, -0.2) is 65.7 Å². The Labute approximate surface area is 276 Å². The van der Waals surface area contributed by atoms with Crippen molar-refractivity contribution in [2.45, 2.75) is 122 Å². The third kappa shape index (κ3) is 29.1. The molecular weight excluding hydrogens is 611 g/mol. The van der Waals surface area contributed by atoms with Crippen LogP contribution in [0.15, 0.2) is 60.8 Å². The SMILES string of the molecule is CC/C=C\C/C=C\C/C=C\C/C=C\C/C=C\CCCC(=O)OC(CO)COP(=O)(O)OCC(CO)OC(=O)CCCCCCCC. The first kappa shape index (κ1) is 43.7. The summed E-state index contributed by atoms with van der Waals surface area (Å²) < 4.78 is 32.1. The molecule has 0 bridgehead atoms. The number of carbonyl (C=O) groups is 2. The van der Waals surface area contributed by atoms with Crippen molar-refractivity contribution in [3.63, 3.8) is 0 Å². The molecule has 0 amide bonds. The maximum Gasteiger partial charge on any atom is 0.472 e. The van der Waals surface area contributed by atoms with Crippen molar-refractivity contribution in [1.82, 2.24) is 0 Å². The second-order valence-electron chi connectivity index (χ2n) is 10.8. The predicted octanol–water partition coefficient (Wildman–Crippen LogP) is 7.60. The van der Waals surface area contributed by atoms with Gasteiger partial charge in [-0.05, 0) is 51.4 Å². The van der Waals surface area contributed by atoms with E-state index in [4.69, 9.17) is 18.5 Å². The molecule has 10 nitrogen and oxygen atoms in total. The molecule has 264 valence electrons. The zero-order valence-corrected chi connectivity index (χ0v) is 28.9. The second kappa shape index (κ2) is 31.3. The summed E-state index contributed by atoms with van der Waals surface area (Å²) in [7, 11) is -4.63. The summed E-state index contributed by atoms with van der Waals surface area (Å²) in [5.74, 6) is -1.10. The molecule has 0 spiro atoms. The number of allylic oxidation sites excluding steroid dienone is 10. The average Bonchev–Trinajstić information content (AvgIpc) is 3.04. The lowest BCUT2D eigenvalue weighted by atomic mass is 10.1. The van der Waals surface area contributed by atoms with Crippen LogP contribution in [-0.2, 0) is 32.7 Å². The molecule has 3 N–H and O–H groups in total. The van der Waals surface area contributed by atoms with Gasteiger partial charge in [-0.3, -0.25) is 18.6 Å². The van der Waals surface area contributed by atoms with E-state index in [-0.39, 0.29) is 12.8 Å². The van der Waals surface area contributed by atoms with Gasteiger partial charge in [-0.25, -0.2) is 4.57 Å². The van der Waals surface area contributed by atoms with E-state index in [0.717, 1.165) is 64.2 Å². The Morgan fingerprint density at radius 2 is 1.02 bits per heavy atom. The maximum atomic E-state index is 12.2. The molecule has 0 heterocycles. The Bertz CT molecular complexity index is 957. The highest BCUT2D eigenvalue weighted by Crippen LogP contribution is 2.43. The van der Waals surface area contributed by atoms with Gasteiger partial charge in [0.2, 0.25) is 0 Å². The van der Waals surface area contributed by atoms with Gasteiger partial charge in [0.05, 0.1) is 26.4 Å². The normalized spacial score (nSPS) is 15.0. The number of aliphatic hydroxyl groups is 2. The van der Waals surface area contributed by atoms with E-state index >= 15 is 0 Å². The molecule has 0 aliphatic heterocycles. The van der Waals surface area contributed by atoms with Crippen LogP contribution < -0.4 is 0 Å². The van der Waals surface area contributed by atoms with Crippen molar-refractivity contribution >= 4 is 19.8 Å². The highest BCUT2D eigenvalue weighted by Gasteiger charge is 2.27. The molecular formula is C35H59O10P. The van der Waals surface area contributed by atoms with Crippen LogP contribution in [0.1, 0.15) is 110 Å².